The molecule has 0 atom stereocenters. The van der Waals surface area contributed by atoms with Crippen molar-refractivity contribution >= 4 is 34.9 Å². The number of Topliss-reactive ketones (excluding diaryl/α,β-unsaturated/α-hetero) is 1. The third-order valence-corrected chi connectivity index (χ3v) is 4.89. The highest BCUT2D eigenvalue weighted by Gasteiger charge is 2.26. The Bertz CT molecular complexity index is 959. The average Bonchev–Trinajstić information content (AvgIpc) is 2.73. The number of ketones is 1. The number of halogens is 1. The van der Waals surface area contributed by atoms with E-state index in [1.807, 2.05) is 13.8 Å². The van der Waals surface area contributed by atoms with Crippen molar-refractivity contribution in [2.45, 2.75) is 32.7 Å². The number of benzene rings is 2. The third-order valence-electron chi connectivity index (χ3n) is 4.64. The summed E-state index contributed by atoms with van der Waals surface area (Å²) in [5.41, 5.74) is 0.937. The van der Waals surface area contributed by atoms with Gasteiger partial charge in [0.1, 0.15) is 11.5 Å². The van der Waals surface area contributed by atoms with E-state index in [0.29, 0.717) is 47.2 Å². The van der Waals surface area contributed by atoms with Crippen LogP contribution in [0, 0.1) is 0 Å². The topological polar surface area (TPSA) is 84.9 Å². The number of anilines is 1. The normalized spacial score (nSPS) is 12.9. The SMILES string of the molecule is CC(C)NC(=O)CCCN1C(=O)COc2ccc(C(=O)COc3ccc(Cl)cc3)cc21. The monoisotopic (exact) mass is 444 g/mol. The number of hydrogen-bond acceptors (Lipinski definition) is 5. The number of hydrogen-bond donors (Lipinski definition) is 1. The second-order valence-corrected chi connectivity index (χ2v) is 7.94. The summed E-state index contributed by atoms with van der Waals surface area (Å²) in [4.78, 5) is 38.5. The minimum absolute atomic E-state index is 0.0563. The van der Waals surface area contributed by atoms with Crippen molar-refractivity contribution in [2.24, 2.45) is 0 Å². The molecule has 0 fully saturated rings. The van der Waals surface area contributed by atoms with Crippen LogP contribution in [0.2, 0.25) is 5.02 Å². The Hall–Kier alpha value is -3.06. The molecule has 8 heteroatoms. The standard InChI is InChI=1S/C23H25ClN2O5/c1-15(2)25-22(28)4-3-11-26-19-12-16(5-10-21(19)31-14-23(26)29)20(27)13-30-18-8-6-17(24)7-9-18/h5-10,12,15H,3-4,11,13-14H2,1-2H3,(H,25,28). The zero-order chi connectivity index (χ0) is 22.4. The molecule has 7 nitrogen and oxygen atoms in total. The predicted octanol–water partition coefficient (Wildman–Crippen LogP) is 3.63. The molecule has 0 bridgehead atoms. The second-order valence-electron chi connectivity index (χ2n) is 7.51. The molecule has 0 saturated carbocycles. The van der Waals surface area contributed by atoms with E-state index in [1.165, 1.54) is 0 Å². The van der Waals surface area contributed by atoms with Gasteiger partial charge in [-0.2, -0.15) is 0 Å². The Balaban J connectivity index is 1.66. The zero-order valence-corrected chi connectivity index (χ0v) is 18.3. The van der Waals surface area contributed by atoms with E-state index in [0.717, 1.165) is 0 Å². The Morgan fingerprint density at radius 1 is 1.19 bits per heavy atom. The van der Waals surface area contributed by atoms with Gasteiger partial charge in [-0.25, -0.2) is 0 Å². The molecular weight excluding hydrogens is 420 g/mol. The van der Waals surface area contributed by atoms with Crippen molar-refractivity contribution in [3.05, 3.63) is 53.1 Å². The summed E-state index contributed by atoms with van der Waals surface area (Å²) < 4.78 is 11.0. The summed E-state index contributed by atoms with van der Waals surface area (Å²) in [5.74, 6) is 0.571. The Kier molecular flexibility index (Phi) is 7.52. The first-order chi connectivity index (χ1) is 14.8. The first kappa shape index (κ1) is 22.6. The fourth-order valence-corrected chi connectivity index (χ4v) is 3.30. The molecule has 2 aromatic rings. The van der Waals surface area contributed by atoms with E-state index in [9.17, 15) is 14.4 Å². The summed E-state index contributed by atoms with van der Waals surface area (Å²) in [5, 5.41) is 3.42. The molecule has 0 radical (unpaired) electrons. The predicted molar refractivity (Wildman–Crippen MR) is 118 cm³/mol. The lowest BCUT2D eigenvalue weighted by molar-refractivity contribution is -0.123. The van der Waals surface area contributed by atoms with Crippen molar-refractivity contribution in [3.8, 4) is 11.5 Å². The zero-order valence-electron chi connectivity index (χ0n) is 17.5. The van der Waals surface area contributed by atoms with Gasteiger partial charge >= 0.3 is 0 Å². The van der Waals surface area contributed by atoms with E-state index < -0.39 is 0 Å². The third kappa shape index (κ3) is 6.21. The quantitative estimate of drug-likeness (QED) is 0.597. The summed E-state index contributed by atoms with van der Waals surface area (Å²) in [7, 11) is 0. The summed E-state index contributed by atoms with van der Waals surface area (Å²) in [6, 6.07) is 11.8. The molecule has 1 heterocycles. The van der Waals surface area contributed by atoms with Crippen molar-refractivity contribution in [3.63, 3.8) is 0 Å². The van der Waals surface area contributed by atoms with Gasteiger partial charge in [0, 0.05) is 29.6 Å². The molecule has 1 N–H and O–H groups in total. The highest BCUT2D eigenvalue weighted by molar-refractivity contribution is 6.30. The lowest BCUT2D eigenvalue weighted by atomic mass is 10.1. The van der Waals surface area contributed by atoms with E-state index >= 15 is 0 Å². The van der Waals surface area contributed by atoms with Crippen molar-refractivity contribution < 1.29 is 23.9 Å². The molecule has 2 aromatic carbocycles. The first-order valence-corrected chi connectivity index (χ1v) is 10.5. The Morgan fingerprint density at radius 3 is 2.65 bits per heavy atom. The first-order valence-electron chi connectivity index (χ1n) is 10.1. The molecule has 0 aliphatic carbocycles. The van der Waals surface area contributed by atoms with Gasteiger partial charge in [0.25, 0.3) is 5.91 Å². The minimum Gasteiger partial charge on any atom is -0.485 e. The van der Waals surface area contributed by atoms with Crippen LogP contribution in [0.4, 0.5) is 5.69 Å². The van der Waals surface area contributed by atoms with Gasteiger partial charge in [0.2, 0.25) is 5.91 Å². The van der Waals surface area contributed by atoms with Gasteiger partial charge in [-0.15, -0.1) is 0 Å². The van der Waals surface area contributed by atoms with Crippen molar-refractivity contribution in [1.29, 1.82) is 0 Å². The number of ether oxygens (including phenoxy) is 2. The molecule has 3 rings (SSSR count). The molecule has 0 spiro atoms. The summed E-state index contributed by atoms with van der Waals surface area (Å²) in [6.07, 6.45) is 0.813. The molecule has 2 amide bonds. The molecule has 1 aliphatic heterocycles. The number of carbonyl (C=O) groups is 3. The van der Waals surface area contributed by atoms with Crippen LogP contribution in [0.15, 0.2) is 42.5 Å². The van der Waals surface area contributed by atoms with Gasteiger partial charge in [0.15, 0.2) is 19.0 Å². The molecule has 0 aromatic heterocycles. The lowest BCUT2D eigenvalue weighted by Crippen LogP contribution is -2.40. The maximum absolute atomic E-state index is 12.6. The number of nitrogens with one attached hydrogen (secondary N) is 1. The van der Waals surface area contributed by atoms with Crippen LogP contribution in [0.1, 0.15) is 37.0 Å². The van der Waals surface area contributed by atoms with Crippen molar-refractivity contribution in [2.75, 3.05) is 24.7 Å². The van der Waals surface area contributed by atoms with Gasteiger partial charge in [-0.05, 0) is 62.7 Å². The molecule has 164 valence electrons. The van der Waals surface area contributed by atoms with Gasteiger partial charge < -0.3 is 19.7 Å². The summed E-state index contributed by atoms with van der Waals surface area (Å²) in [6.45, 7) is 3.94. The number of rotatable bonds is 9. The minimum atomic E-state index is -0.230. The van der Waals surface area contributed by atoms with Crippen molar-refractivity contribution in [1.82, 2.24) is 5.32 Å². The maximum Gasteiger partial charge on any atom is 0.265 e. The Morgan fingerprint density at radius 2 is 1.94 bits per heavy atom. The molecule has 31 heavy (non-hydrogen) atoms. The number of nitrogens with zero attached hydrogens (tertiary/aromatic N) is 1. The largest absolute Gasteiger partial charge is 0.485 e. The average molecular weight is 445 g/mol. The van der Waals surface area contributed by atoms with E-state index in [1.54, 1.807) is 47.4 Å². The van der Waals surface area contributed by atoms with Gasteiger partial charge in [-0.1, -0.05) is 11.6 Å². The molecular formula is C23H25ClN2O5. The maximum atomic E-state index is 12.6. The smallest absolute Gasteiger partial charge is 0.265 e. The van der Waals surface area contributed by atoms with Gasteiger partial charge in [0.05, 0.1) is 5.69 Å². The van der Waals surface area contributed by atoms with Crippen LogP contribution < -0.4 is 19.7 Å². The van der Waals surface area contributed by atoms with Crippen LogP contribution in [0.3, 0.4) is 0 Å². The second kappa shape index (κ2) is 10.3. The molecule has 1 aliphatic rings. The Labute approximate surface area is 186 Å². The highest BCUT2D eigenvalue weighted by Crippen LogP contribution is 2.33. The van der Waals surface area contributed by atoms with Crippen LogP contribution in [0.25, 0.3) is 0 Å². The van der Waals surface area contributed by atoms with Crippen LogP contribution >= 0.6 is 11.6 Å². The van der Waals surface area contributed by atoms with Crippen LogP contribution in [-0.2, 0) is 9.59 Å². The number of amides is 2. The van der Waals surface area contributed by atoms with E-state index in [-0.39, 0.29) is 36.9 Å². The fourth-order valence-electron chi connectivity index (χ4n) is 3.18. The van der Waals surface area contributed by atoms with E-state index in [4.69, 9.17) is 21.1 Å². The van der Waals surface area contributed by atoms with Crippen LogP contribution in [-0.4, -0.2) is 43.4 Å². The molecule has 0 saturated heterocycles. The highest BCUT2D eigenvalue weighted by atomic mass is 35.5. The van der Waals surface area contributed by atoms with Crippen LogP contribution in [0.5, 0.6) is 11.5 Å². The van der Waals surface area contributed by atoms with E-state index in [2.05, 4.69) is 5.32 Å². The number of fused-ring (bicyclic) bond motifs is 1. The number of carbonyl (C=O) groups excluding carboxylic acids is 3. The fraction of sp³-hybridized carbons (Fsp3) is 0.348. The van der Waals surface area contributed by atoms with Gasteiger partial charge in [-0.3, -0.25) is 14.4 Å². The lowest BCUT2D eigenvalue weighted by Gasteiger charge is -2.29. The summed E-state index contributed by atoms with van der Waals surface area (Å²) >= 11 is 5.85. The molecule has 0 unspecified atom stereocenters.